The summed E-state index contributed by atoms with van der Waals surface area (Å²) in [5, 5.41) is 6.69. The average molecular weight is 380 g/mol. The molecular formula is C19H20N6O3. The first-order chi connectivity index (χ1) is 13.5. The second-order valence-corrected chi connectivity index (χ2v) is 6.94. The van der Waals surface area contributed by atoms with Crippen molar-refractivity contribution in [1.29, 1.82) is 0 Å². The predicted molar refractivity (Wildman–Crippen MR) is 104 cm³/mol. The largest absolute Gasteiger partial charge is 0.383 e. The smallest absolute Gasteiger partial charge is 0.330 e. The molecule has 4 N–H and O–H groups in total. The summed E-state index contributed by atoms with van der Waals surface area (Å²) in [6, 6.07) is 9.71. The van der Waals surface area contributed by atoms with Gasteiger partial charge in [0.25, 0.3) is 11.5 Å². The number of carbonyl (C=O) groups is 1. The minimum absolute atomic E-state index is 0.124. The molecule has 1 aliphatic carbocycles. The molecule has 2 aromatic heterocycles. The van der Waals surface area contributed by atoms with Crippen molar-refractivity contribution in [3.63, 3.8) is 0 Å². The zero-order chi connectivity index (χ0) is 19.7. The lowest BCUT2D eigenvalue weighted by molar-refractivity contribution is 0.102. The van der Waals surface area contributed by atoms with Crippen LogP contribution in [-0.2, 0) is 13.1 Å². The van der Waals surface area contributed by atoms with E-state index in [1.54, 1.807) is 10.9 Å². The Morgan fingerprint density at radius 3 is 2.71 bits per heavy atom. The van der Waals surface area contributed by atoms with Crippen LogP contribution >= 0.6 is 0 Å². The summed E-state index contributed by atoms with van der Waals surface area (Å²) < 4.78 is 2.72. The zero-order valence-electron chi connectivity index (χ0n) is 15.1. The van der Waals surface area contributed by atoms with Gasteiger partial charge in [0, 0.05) is 12.7 Å². The number of aromatic nitrogens is 4. The van der Waals surface area contributed by atoms with E-state index in [1.165, 1.54) is 6.20 Å². The third-order valence-electron chi connectivity index (χ3n) is 4.67. The number of anilines is 2. The van der Waals surface area contributed by atoms with Crippen LogP contribution in [0, 0.1) is 5.92 Å². The summed E-state index contributed by atoms with van der Waals surface area (Å²) in [6.45, 7) is 0.843. The molecule has 0 aliphatic heterocycles. The van der Waals surface area contributed by atoms with Crippen LogP contribution in [0.15, 0.2) is 52.3 Å². The van der Waals surface area contributed by atoms with Gasteiger partial charge in [0.1, 0.15) is 11.5 Å². The molecule has 0 saturated heterocycles. The summed E-state index contributed by atoms with van der Waals surface area (Å²) in [5.74, 6) is -0.359. The number of nitrogen functional groups attached to an aromatic ring is 1. The normalized spacial score (nSPS) is 13.4. The van der Waals surface area contributed by atoms with Gasteiger partial charge in [-0.2, -0.15) is 5.10 Å². The van der Waals surface area contributed by atoms with Crippen molar-refractivity contribution < 1.29 is 4.79 Å². The van der Waals surface area contributed by atoms with Gasteiger partial charge in [-0.15, -0.1) is 0 Å². The minimum Gasteiger partial charge on any atom is -0.383 e. The van der Waals surface area contributed by atoms with Gasteiger partial charge in [0.2, 0.25) is 0 Å². The quantitative estimate of drug-likeness (QED) is 0.588. The van der Waals surface area contributed by atoms with Crippen molar-refractivity contribution in [2.24, 2.45) is 5.92 Å². The van der Waals surface area contributed by atoms with E-state index in [4.69, 9.17) is 5.73 Å². The van der Waals surface area contributed by atoms with E-state index in [9.17, 15) is 14.4 Å². The van der Waals surface area contributed by atoms with E-state index < -0.39 is 17.2 Å². The lowest BCUT2D eigenvalue weighted by Crippen LogP contribution is -2.38. The molecule has 9 heteroatoms. The highest BCUT2D eigenvalue weighted by atomic mass is 16.2. The zero-order valence-corrected chi connectivity index (χ0v) is 15.1. The fourth-order valence-corrected chi connectivity index (χ4v) is 2.96. The van der Waals surface area contributed by atoms with Crippen molar-refractivity contribution in [2.75, 3.05) is 11.1 Å². The SMILES string of the molecule is Nc1[nH]c(=O)n(CC2CC2)c(=O)c1NC(=O)c1cnn(Cc2ccccc2)c1. The fraction of sp³-hybridized carbons (Fsp3) is 0.263. The Labute approximate surface area is 159 Å². The first-order valence-corrected chi connectivity index (χ1v) is 9.01. The second-order valence-electron chi connectivity index (χ2n) is 6.94. The van der Waals surface area contributed by atoms with E-state index >= 15 is 0 Å². The Balaban J connectivity index is 1.54. The van der Waals surface area contributed by atoms with Crippen LogP contribution in [0.4, 0.5) is 11.5 Å². The van der Waals surface area contributed by atoms with Gasteiger partial charge in [0.15, 0.2) is 0 Å². The number of amides is 1. The van der Waals surface area contributed by atoms with Gasteiger partial charge in [-0.25, -0.2) is 4.79 Å². The van der Waals surface area contributed by atoms with Crippen molar-refractivity contribution in [3.8, 4) is 0 Å². The molecule has 0 unspecified atom stereocenters. The maximum absolute atomic E-state index is 12.6. The van der Waals surface area contributed by atoms with E-state index in [1.807, 2.05) is 30.3 Å². The van der Waals surface area contributed by atoms with Gasteiger partial charge in [0.05, 0.1) is 18.3 Å². The van der Waals surface area contributed by atoms with Crippen molar-refractivity contribution >= 4 is 17.4 Å². The van der Waals surface area contributed by atoms with Gasteiger partial charge in [-0.05, 0) is 24.3 Å². The van der Waals surface area contributed by atoms with Crippen LogP contribution in [-0.4, -0.2) is 25.2 Å². The Hall–Kier alpha value is -3.62. The first-order valence-electron chi connectivity index (χ1n) is 9.01. The molecular weight excluding hydrogens is 360 g/mol. The summed E-state index contributed by atoms with van der Waals surface area (Å²) in [4.78, 5) is 39.6. The molecule has 0 bridgehead atoms. The molecule has 3 aromatic rings. The van der Waals surface area contributed by atoms with Crippen LogP contribution in [0.5, 0.6) is 0 Å². The summed E-state index contributed by atoms with van der Waals surface area (Å²) in [6.07, 6.45) is 4.98. The molecule has 0 atom stereocenters. The topological polar surface area (TPSA) is 128 Å². The molecule has 1 aliphatic rings. The maximum atomic E-state index is 12.6. The Morgan fingerprint density at radius 2 is 2.00 bits per heavy atom. The lowest BCUT2D eigenvalue weighted by atomic mass is 10.2. The van der Waals surface area contributed by atoms with Crippen LogP contribution < -0.4 is 22.3 Å². The van der Waals surface area contributed by atoms with E-state index in [0.29, 0.717) is 19.0 Å². The fourth-order valence-electron chi connectivity index (χ4n) is 2.96. The summed E-state index contributed by atoms with van der Waals surface area (Å²) in [5.41, 5.74) is 5.81. The monoisotopic (exact) mass is 380 g/mol. The van der Waals surface area contributed by atoms with Crippen LogP contribution in [0.25, 0.3) is 0 Å². The van der Waals surface area contributed by atoms with E-state index in [0.717, 1.165) is 23.0 Å². The van der Waals surface area contributed by atoms with Crippen LogP contribution in [0.2, 0.25) is 0 Å². The molecule has 0 radical (unpaired) electrons. The average Bonchev–Trinajstić information content (AvgIpc) is 3.39. The number of aromatic amines is 1. The molecule has 4 rings (SSSR count). The highest BCUT2D eigenvalue weighted by Gasteiger charge is 2.25. The van der Waals surface area contributed by atoms with Gasteiger partial charge in [-0.1, -0.05) is 30.3 Å². The van der Waals surface area contributed by atoms with E-state index in [2.05, 4.69) is 15.4 Å². The maximum Gasteiger partial charge on any atom is 0.330 e. The van der Waals surface area contributed by atoms with E-state index in [-0.39, 0.29) is 17.1 Å². The molecule has 144 valence electrons. The minimum atomic E-state index is -0.599. The number of nitrogens with one attached hydrogen (secondary N) is 2. The molecule has 0 spiro atoms. The Morgan fingerprint density at radius 1 is 1.25 bits per heavy atom. The highest BCUT2D eigenvalue weighted by molar-refractivity contribution is 6.05. The summed E-state index contributed by atoms with van der Waals surface area (Å²) >= 11 is 0. The molecule has 1 saturated carbocycles. The number of carbonyl (C=O) groups excluding carboxylic acids is 1. The van der Waals surface area contributed by atoms with Crippen molar-refractivity contribution in [2.45, 2.75) is 25.9 Å². The summed E-state index contributed by atoms with van der Waals surface area (Å²) in [7, 11) is 0. The number of hydrogen-bond acceptors (Lipinski definition) is 5. The third kappa shape index (κ3) is 3.73. The van der Waals surface area contributed by atoms with Crippen molar-refractivity contribution in [1.82, 2.24) is 19.3 Å². The molecule has 2 heterocycles. The molecule has 1 amide bonds. The Bertz CT molecular complexity index is 1120. The number of rotatable bonds is 6. The number of benzene rings is 1. The molecule has 9 nitrogen and oxygen atoms in total. The van der Waals surface area contributed by atoms with Gasteiger partial charge >= 0.3 is 5.69 Å². The standard InChI is InChI=1S/C19H20N6O3/c20-16-15(18(27)25(19(28)23-16)10-13-6-7-13)22-17(26)14-8-21-24(11-14)9-12-4-2-1-3-5-12/h1-5,8,11,13H,6-7,9-10,20H2,(H,22,26)(H,23,28). The predicted octanol–water partition coefficient (Wildman–Crippen LogP) is 1.03. The molecule has 1 aromatic carbocycles. The molecule has 28 heavy (non-hydrogen) atoms. The van der Waals surface area contributed by atoms with Crippen molar-refractivity contribution in [3.05, 3.63) is 74.7 Å². The van der Waals surface area contributed by atoms with Crippen LogP contribution in [0.3, 0.4) is 0 Å². The van der Waals surface area contributed by atoms with Crippen LogP contribution in [0.1, 0.15) is 28.8 Å². The lowest BCUT2D eigenvalue weighted by Gasteiger charge is -2.10. The third-order valence-corrected chi connectivity index (χ3v) is 4.67. The second kappa shape index (κ2) is 7.18. The number of nitrogens with zero attached hydrogens (tertiary/aromatic N) is 3. The number of nitrogens with two attached hydrogens (primary N) is 1. The van der Waals surface area contributed by atoms with Gasteiger partial charge < -0.3 is 11.1 Å². The number of hydrogen-bond donors (Lipinski definition) is 3. The Kier molecular flexibility index (Phi) is 4.56. The number of H-pyrrole nitrogens is 1. The van der Waals surface area contributed by atoms with Gasteiger partial charge in [-0.3, -0.25) is 23.8 Å². The highest BCUT2D eigenvalue weighted by Crippen LogP contribution is 2.29. The first kappa shape index (κ1) is 17.8. The molecule has 1 fully saturated rings.